The van der Waals surface area contributed by atoms with E-state index in [1.54, 1.807) is 6.08 Å². The molecule has 1 spiro atoms. The number of ether oxygens (including phenoxy) is 1. The van der Waals surface area contributed by atoms with Gasteiger partial charge in [-0.2, -0.15) is 0 Å². The number of likely N-dealkylation sites (tertiary alicyclic amines) is 1. The predicted molar refractivity (Wildman–Crippen MR) is 130 cm³/mol. The Labute approximate surface area is 187 Å². The average molecular weight is 415 g/mol. The van der Waals surface area contributed by atoms with Crippen molar-refractivity contribution >= 4 is 5.69 Å². The largest absolute Gasteiger partial charge is 0.462 e. The van der Waals surface area contributed by atoms with E-state index in [1.807, 2.05) is 37.3 Å². The van der Waals surface area contributed by atoms with E-state index in [4.69, 9.17) is 4.74 Å². The summed E-state index contributed by atoms with van der Waals surface area (Å²) in [5.74, 6) is 2.53. The zero-order chi connectivity index (χ0) is 21.5. The van der Waals surface area contributed by atoms with Gasteiger partial charge in [0.15, 0.2) is 0 Å². The van der Waals surface area contributed by atoms with Crippen LogP contribution in [0.1, 0.15) is 31.7 Å². The van der Waals surface area contributed by atoms with Gasteiger partial charge in [-0.3, -0.25) is 4.90 Å². The van der Waals surface area contributed by atoms with Crippen LogP contribution in [0.5, 0.6) is 5.75 Å². The average Bonchev–Trinajstić information content (AvgIpc) is 3.47. The fourth-order valence-corrected chi connectivity index (χ4v) is 4.70. The van der Waals surface area contributed by atoms with E-state index in [0.29, 0.717) is 5.41 Å². The number of rotatable bonds is 9. The van der Waals surface area contributed by atoms with Gasteiger partial charge in [-0.25, -0.2) is 0 Å². The van der Waals surface area contributed by atoms with Gasteiger partial charge in [-0.15, -0.1) is 0 Å². The lowest BCUT2D eigenvalue weighted by molar-refractivity contribution is 0.157. The minimum Gasteiger partial charge on any atom is -0.462 e. The highest BCUT2D eigenvalue weighted by Crippen LogP contribution is 2.59. The summed E-state index contributed by atoms with van der Waals surface area (Å²) >= 11 is 0. The quantitative estimate of drug-likeness (QED) is 0.378. The molecular weight excluding hydrogens is 380 g/mol. The van der Waals surface area contributed by atoms with Crippen LogP contribution < -0.4 is 10.1 Å². The second-order valence-corrected chi connectivity index (χ2v) is 8.93. The van der Waals surface area contributed by atoms with Gasteiger partial charge in [0.25, 0.3) is 0 Å². The number of hydrogen-bond acceptors (Lipinski definition) is 3. The molecule has 1 unspecified atom stereocenters. The fraction of sp³-hybridized carbons (Fsp3) is 0.357. The van der Waals surface area contributed by atoms with Crippen molar-refractivity contribution in [2.24, 2.45) is 11.3 Å². The molecule has 2 aliphatic rings. The zero-order valence-electron chi connectivity index (χ0n) is 18.6. The first-order chi connectivity index (χ1) is 15.2. The third kappa shape index (κ3) is 5.89. The summed E-state index contributed by atoms with van der Waals surface area (Å²) in [6.07, 6.45) is 11.6. The Morgan fingerprint density at radius 3 is 2.55 bits per heavy atom. The van der Waals surface area contributed by atoms with Crippen molar-refractivity contribution in [2.45, 2.75) is 32.7 Å². The fourth-order valence-electron chi connectivity index (χ4n) is 4.70. The molecule has 0 aromatic heterocycles. The van der Waals surface area contributed by atoms with E-state index in [9.17, 15) is 0 Å². The van der Waals surface area contributed by atoms with Crippen molar-refractivity contribution in [2.75, 3.05) is 25.0 Å². The first-order valence-electron chi connectivity index (χ1n) is 11.4. The van der Waals surface area contributed by atoms with E-state index >= 15 is 0 Å². The topological polar surface area (TPSA) is 24.5 Å². The molecule has 1 aliphatic heterocycles. The molecule has 3 heteroatoms. The summed E-state index contributed by atoms with van der Waals surface area (Å²) in [5.41, 5.74) is 3.19. The molecule has 0 amide bonds. The SMILES string of the molecule is C=CC=CC=C(C)Oc1ccc(NCC2CC23CCN(Cc2ccccc2)CC3)cc1. The maximum atomic E-state index is 5.84. The maximum absolute atomic E-state index is 5.84. The van der Waals surface area contributed by atoms with Crippen LogP contribution in [0.2, 0.25) is 0 Å². The summed E-state index contributed by atoms with van der Waals surface area (Å²) in [7, 11) is 0. The van der Waals surface area contributed by atoms with Gasteiger partial charge in [-0.1, -0.05) is 55.1 Å². The predicted octanol–water partition coefficient (Wildman–Crippen LogP) is 6.43. The molecule has 4 rings (SSSR count). The Hall–Kier alpha value is -2.78. The van der Waals surface area contributed by atoms with Gasteiger partial charge in [0, 0.05) is 18.8 Å². The van der Waals surface area contributed by atoms with E-state index in [-0.39, 0.29) is 0 Å². The molecule has 1 saturated carbocycles. The lowest BCUT2D eigenvalue weighted by atomic mass is 9.90. The Morgan fingerprint density at radius 2 is 1.84 bits per heavy atom. The van der Waals surface area contributed by atoms with Crippen molar-refractivity contribution < 1.29 is 4.74 Å². The van der Waals surface area contributed by atoms with E-state index in [1.165, 1.54) is 43.6 Å². The molecule has 3 nitrogen and oxygen atoms in total. The zero-order valence-corrected chi connectivity index (χ0v) is 18.6. The van der Waals surface area contributed by atoms with Crippen LogP contribution in [-0.4, -0.2) is 24.5 Å². The second kappa shape index (κ2) is 10.0. The van der Waals surface area contributed by atoms with Gasteiger partial charge in [0.2, 0.25) is 0 Å². The van der Waals surface area contributed by atoms with Crippen LogP contribution >= 0.6 is 0 Å². The summed E-state index contributed by atoms with van der Waals surface area (Å²) in [6, 6.07) is 19.1. The number of piperidine rings is 1. The number of nitrogens with zero attached hydrogens (tertiary/aromatic N) is 1. The summed E-state index contributed by atoms with van der Waals surface area (Å²) in [4.78, 5) is 2.62. The van der Waals surface area contributed by atoms with E-state index in [0.717, 1.165) is 30.5 Å². The van der Waals surface area contributed by atoms with Crippen molar-refractivity contribution in [3.8, 4) is 5.75 Å². The maximum Gasteiger partial charge on any atom is 0.127 e. The van der Waals surface area contributed by atoms with Gasteiger partial charge in [0.05, 0.1) is 0 Å². The molecule has 2 fully saturated rings. The number of anilines is 1. The first kappa shape index (κ1) is 21.5. The van der Waals surface area contributed by atoms with Crippen LogP contribution in [0.3, 0.4) is 0 Å². The lowest BCUT2D eigenvalue weighted by Gasteiger charge is -2.33. The third-order valence-electron chi connectivity index (χ3n) is 6.72. The molecular formula is C28H34N2O. The Morgan fingerprint density at radius 1 is 1.10 bits per heavy atom. The van der Waals surface area contributed by atoms with Crippen molar-refractivity contribution in [3.05, 3.63) is 96.8 Å². The van der Waals surface area contributed by atoms with Crippen LogP contribution in [0.15, 0.2) is 91.2 Å². The number of allylic oxidation sites excluding steroid dienone is 5. The molecule has 2 aromatic rings. The van der Waals surface area contributed by atoms with Gasteiger partial charge < -0.3 is 10.1 Å². The normalized spacial score (nSPS) is 20.7. The van der Waals surface area contributed by atoms with Gasteiger partial charge in [-0.05, 0) is 86.5 Å². The van der Waals surface area contributed by atoms with Gasteiger partial charge in [0.1, 0.15) is 11.5 Å². The Balaban J connectivity index is 1.19. The summed E-state index contributed by atoms with van der Waals surface area (Å²) < 4.78 is 5.84. The number of benzene rings is 2. The molecule has 0 bridgehead atoms. The Bertz CT molecular complexity index is 906. The minimum absolute atomic E-state index is 0.587. The summed E-state index contributed by atoms with van der Waals surface area (Å²) in [6.45, 7) is 10.2. The third-order valence-corrected chi connectivity index (χ3v) is 6.72. The first-order valence-corrected chi connectivity index (χ1v) is 11.4. The van der Waals surface area contributed by atoms with Crippen molar-refractivity contribution in [1.29, 1.82) is 0 Å². The van der Waals surface area contributed by atoms with Crippen LogP contribution in [0.4, 0.5) is 5.69 Å². The molecule has 1 N–H and O–H groups in total. The molecule has 1 saturated heterocycles. The second-order valence-electron chi connectivity index (χ2n) is 8.93. The molecule has 2 aromatic carbocycles. The molecule has 1 aliphatic carbocycles. The van der Waals surface area contributed by atoms with Gasteiger partial charge >= 0.3 is 0 Å². The molecule has 1 heterocycles. The molecule has 31 heavy (non-hydrogen) atoms. The molecule has 1 atom stereocenters. The van der Waals surface area contributed by atoms with Crippen LogP contribution in [-0.2, 0) is 6.54 Å². The highest BCUT2D eigenvalue weighted by molar-refractivity contribution is 5.47. The number of nitrogens with one attached hydrogen (secondary N) is 1. The minimum atomic E-state index is 0.587. The highest BCUT2D eigenvalue weighted by atomic mass is 16.5. The van der Waals surface area contributed by atoms with Crippen molar-refractivity contribution in [3.63, 3.8) is 0 Å². The van der Waals surface area contributed by atoms with Crippen LogP contribution in [0.25, 0.3) is 0 Å². The highest BCUT2D eigenvalue weighted by Gasteiger charge is 2.54. The van der Waals surface area contributed by atoms with Crippen LogP contribution in [0, 0.1) is 11.3 Å². The lowest BCUT2D eigenvalue weighted by Crippen LogP contribution is -2.35. The summed E-state index contributed by atoms with van der Waals surface area (Å²) in [5, 5.41) is 3.65. The van der Waals surface area contributed by atoms with E-state index in [2.05, 4.69) is 59.3 Å². The molecule has 0 radical (unpaired) electrons. The standard InChI is InChI=1S/C28H34N2O/c1-3-4-6-9-23(2)31-27-14-12-26(13-15-27)29-21-25-20-28(25)16-18-30(19-17-28)22-24-10-7-5-8-11-24/h3-15,25,29H,1,16-22H2,2H3. The molecule has 162 valence electrons. The van der Waals surface area contributed by atoms with E-state index < -0.39 is 0 Å². The number of hydrogen-bond donors (Lipinski definition) is 1. The smallest absolute Gasteiger partial charge is 0.127 e. The monoisotopic (exact) mass is 414 g/mol. The van der Waals surface area contributed by atoms with Crippen molar-refractivity contribution in [1.82, 2.24) is 4.90 Å². The Kier molecular flexibility index (Phi) is 6.93.